The van der Waals surface area contributed by atoms with Crippen molar-refractivity contribution in [3.8, 4) is 11.1 Å². The maximum atomic E-state index is 13.3. The quantitative estimate of drug-likeness (QED) is 0.437. The number of carbonyl (C=O) groups excluding carboxylic acids is 1. The highest BCUT2D eigenvalue weighted by atomic mass is 32.1. The second-order valence-corrected chi connectivity index (χ2v) is 8.56. The van der Waals surface area contributed by atoms with E-state index in [9.17, 15) is 9.59 Å². The summed E-state index contributed by atoms with van der Waals surface area (Å²) in [5, 5.41) is 0.560. The summed E-state index contributed by atoms with van der Waals surface area (Å²) >= 11 is 1.50. The van der Waals surface area contributed by atoms with Crippen LogP contribution in [0.15, 0.2) is 59.7 Å². The van der Waals surface area contributed by atoms with Gasteiger partial charge in [0.25, 0.3) is 5.56 Å². The van der Waals surface area contributed by atoms with E-state index in [1.807, 2.05) is 51.1 Å². The molecule has 0 radical (unpaired) electrons. The van der Waals surface area contributed by atoms with Gasteiger partial charge in [0, 0.05) is 10.4 Å². The van der Waals surface area contributed by atoms with Crippen LogP contribution in [0.2, 0.25) is 0 Å². The predicted octanol–water partition coefficient (Wildman–Crippen LogP) is 4.79. The third kappa shape index (κ3) is 3.91. The lowest BCUT2D eigenvalue weighted by molar-refractivity contribution is -0.145. The molecule has 2 aromatic heterocycles. The standard InChI is InChI=1S/C24H22N2O3S/c1-15-9-10-16(2)19(11-15)21-17(3)30-23-22(21)24(28)26(14-25-23)12-20(27)29-13-18-7-5-4-6-8-18/h4-11,14H,12-13H2,1-3H3. The summed E-state index contributed by atoms with van der Waals surface area (Å²) in [5.74, 6) is -0.470. The third-order valence-corrected chi connectivity index (χ3v) is 6.07. The molecule has 4 rings (SSSR count). The largest absolute Gasteiger partial charge is 0.459 e. The van der Waals surface area contributed by atoms with Crippen LogP contribution < -0.4 is 5.56 Å². The fourth-order valence-electron chi connectivity index (χ4n) is 3.50. The van der Waals surface area contributed by atoms with E-state index in [0.717, 1.165) is 32.7 Å². The Morgan fingerprint density at radius 2 is 1.87 bits per heavy atom. The molecule has 0 aliphatic rings. The van der Waals surface area contributed by atoms with Crippen molar-refractivity contribution in [3.63, 3.8) is 0 Å². The lowest BCUT2D eigenvalue weighted by atomic mass is 9.97. The molecule has 0 unspecified atom stereocenters. The van der Waals surface area contributed by atoms with Crippen LogP contribution in [-0.2, 0) is 22.7 Å². The summed E-state index contributed by atoms with van der Waals surface area (Å²) in [5.41, 5.74) is 4.83. The van der Waals surface area contributed by atoms with Crippen LogP contribution in [0.25, 0.3) is 21.3 Å². The highest BCUT2D eigenvalue weighted by Gasteiger charge is 2.19. The van der Waals surface area contributed by atoms with E-state index in [-0.39, 0.29) is 18.7 Å². The van der Waals surface area contributed by atoms with Gasteiger partial charge in [-0.3, -0.25) is 14.2 Å². The molecule has 5 nitrogen and oxygen atoms in total. The molecule has 30 heavy (non-hydrogen) atoms. The van der Waals surface area contributed by atoms with Gasteiger partial charge in [-0.1, -0.05) is 54.1 Å². The summed E-state index contributed by atoms with van der Waals surface area (Å²) in [4.78, 5) is 31.8. The molecule has 0 N–H and O–H groups in total. The molecule has 2 heterocycles. The Balaban J connectivity index is 1.68. The lowest BCUT2D eigenvalue weighted by Crippen LogP contribution is -2.25. The fourth-order valence-corrected chi connectivity index (χ4v) is 4.50. The second kappa shape index (κ2) is 8.24. The molecule has 4 aromatic rings. The Morgan fingerprint density at radius 1 is 1.10 bits per heavy atom. The first-order valence-electron chi connectivity index (χ1n) is 9.69. The molecule has 0 atom stereocenters. The zero-order chi connectivity index (χ0) is 21.3. The highest BCUT2D eigenvalue weighted by molar-refractivity contribution is 7.19. The number of fused-ring (bicyclic) bond motifs is 1. The van der Waals surface area contributed by atoms with Crippen molar-refractivity contribution in [2.45, 2.75) is 33.9 Å². The van der Waals surface area contributed by atoms with Crippen LogP contribution >= 0.6 is 11.3 Å². The van der Waals surface area contributed by atoms with Gasteiger partial charge in [-0.25, -0.2) is 4.98 Å². The maximum absolute atomic E-state index is 13.3. The third-order valence-electron chi connectivity index (χ3n) is 5.06. The number of esters is 1. The van der Waals surface area contributed by atoms with Gasteiger partial charge in [-0.05, 0) is 37.5 Å². The summed E-state index contributed by atoms with van der Waals surface area (Å²) in [7, 11) is 0. The van der Waals surface area contributed by atoms with E-state index < -0.39 is 5.97 Å². The number of thiophene rings is 1. The maximum Gasteiger partial charge on any atom is 0.326 e. The monoisotopic (exact) mass is 418 g/mol. The molecular weight excluding hydrogens is 396 g/mol. The van der Waals surface area contributed by atoms with Gasteiger partial charge < -0.3 is 4.74 Å². The van der Waals surface area contributed by atoms with Gasteiger partial charge in [0.2, 0.25) is 0 Å². The molecule has 6 heteroatoms. The molecule has 0 saturated heterocycles. The molecule has 2 aromatic carbocycles. The summed E-state index contributed by atoms with van der Waals surface area (Å²) in [6.45, 7) is 6.08. The summed E-state index contributed by atoms with van der Waals surface area (Å²) < 4.78 is 6.66. The van der Waals surface area contributed by atoms with Crippen LogP contribution in [0, 0.1) is 20.8 Å². The van der Waals surface area contributed by atoms with Crippen LogP contribution in [0.1, 0.15) is 21.6 Å². The molecule has 0 saturated carbocycles. The Hall–Kier alpha value is -3.25. The van der Waals surface area contributed by atoms with Gasteiger partial charge in [-0.2, -0.15) is 0 Å². The number of rotatable bonds is 5. The van der Waals surface area contributed by atoms with E-state index in [2.05, 4.69) is 23.2 Å². The van der Waals surface area contributed by atoms with Gasteiger partial charge in [-0.15, -0.1) is 11.3 Å². The van der Waals surface area contributed by atoms with E-state index in [1.54, 1.807) is 0 Å². The summed E-state index contributed by atoms with van der Waals surface area (Å²) in [6, 6.07) is 15.7. The number of hydrogen-bond acceptors (Lipinski definition) is 5. The number of benzene rings is 2. The Labute approximate surface area is 178 Å². The highest BCUT2D eigenvalue weighted by Crippen LogP contribution is 2.37. The minimum absolute atomic E-state index is 0.171. The minimum atomic E-state index is -0.470. The van der Waals surface area contributed by atoms with Crippen LogP contribution in [0.5, 0.6) is 0 Å². The minimum Gasteiger partial charge on any atom is -0.459 e. The molecule has 0 spiro atoms. The lowest BCUT2D eigenvalue weighted by Gasteiger charge is -2.09. The van der Waals surface area contributed by atoms with Gasteiger partial charge in [0.15, 0.2) is 0 Å². The molecule has 0 aliphatic carbocycles. The van der Waals surface area contributed by atoms with E-state index >= 15 is 0 Å². The smallest absolute Gasteiger partial charge is 0.326 e. The average molecular weight is 419 g/mol. The second-order valence-electron chi connectivity index (χ2n) is 7.36. The topological polar surface area (TPSA) is 61.2 Å². The molecule has 0 fully saturated rings. The Morgan fingerprint density at radius 3 is 2.63 bits per heavy atom. The van der Waals surface area contributed by atoms with Crippen LogP contribution in [-0.4, -0.2) is 15.5 Å². The SMILES string of the molecule is Cc1ccc(C)c(-c2c(C)sc3ncn(CC(=O)OCc4ccccc4)c(=O)c23)c1. The normalized spacial score (nSPS) is 11.0. The number of hydrogen-bond donors (Lipinski definition) is 0. The Bertz CT molecular complexity index is 1290. The fraction of sp³-hybridized carbons (Fsp3) is 0.208. The molecule has 0 bridgehead atoms. The van der Waals surface area contributed by atoms with Gasteiger partial charge >= 0.3 is 5.97 Å². The van der Waals surface area contributed by atoms with Crippen LogP contribution in [0.4, 0.5) is 0 Å². The zero-order valence-electron chi connectivity index (χ0n) is 17.1. The van der Waals surface area contributed by atoms with Crippen molar-refractivity contribution < 1.29 is 9.53 Å². The van der Waals surface area contributed by atoms with E-state index in [0.29, 0.717) is 10.2 Å². The van der Waals surface area contributed by atoms with Crippen molar-refractivity contribution in [2.75, 3.05) is 0 Å². The first-order chi connectivity index (χ1) is 14.4. The van der Waals surface area contributed by atoms with Crippen molar-refractivity contribution >= 4 is 27.5 Å². The number of aryl methyl sites for hydroxylation is 3. The first-order valence-corrected chi connectivity index (χ1v) is 10.5. The number of carbonyl (C=O) groups is 1. The molecule has 0 aliphatic heterocycles. The number of nitrogens with zero attached hydrogens (tertiary/aromatic N) is 2. The van der Waals surface area contributed by atoms with Crippen molar-refractivity contribution in [1.82, 2.24) is 9.55 Å². The summed E-state index contributed by atoms with van der Waals surface area (Å²) in [6.07, 6.45) is 1.43. The van der Waals surface area contributed by atoms with E-state index in [4.69, 9.17) is 4.74 Å². The molecule has 152 valence electrons. The molecular formula is C24H22N2O3S. The van der Waals surface area contributed by atoms with Gasteiger partial charge in [0.1, 0.15) is 18.0 Å². The zero-order valence-corrected chi connectivity index (χ0v) is 18.0. The van der Waals surface area contributed by atoms with Crippen molar-refractivity contribution in [3.05, 3.63) is 86.8 Å². The van der Waals surface area contributed by atoms with Crippen molar-refractivity contribution in [1.29, 1.82) is 0 Å². The van der Waals surface area contributed by atoms with Crippen LogP contribution in [0.3, 0.4) is 0 Å². The number of aromatic nitrogens is 2. The first kappa shape index (κ1) is 20.0. The molecule has 0 amide bonds. The Kier molecular flexibility index (Phi) is 5.50. The van der Waals surface area contributed by atoms with E-state index in [1.165, 1.54) is 22.2 Å². The van der Waals surface area contributed by atoms with Gasteiger partial charge in [0.05, 0.1) is 11.7 Å². The number of ether oxygens (including phenoxy) is 1. The predicted molar refractivity (Wildman–Crippen MR) is 120 cm³/mol. The van der Waals surface area contributed by atoms with Crippen molar-refractivity contribution in [2.24, 2.45) is 0 Å². The average Bonchev–Trinajstić information content (AvgIpc) is 3.08.